The summed E-state index contributed by atoms with van der Waals surface area (Å²) in [6.45, 7) is 1.81. The van der Waals surface area contributed by atoms with Crippen molar-refractivity contribution in [2.24, 2.45) is 0 Å². The van der Waals surface area contributed by atoms with Gasteiger partial charge in [0.1, 0.15) is 11.5 Å². The molecule has 2 aromatic rings. The molecule has 1 N–H and O–H groups in total. The van der Waals surface area contributed by atoms with E-state index in [4.69, 9.17) is 24.1 Å². The molecule has 0 fully saturated rings. The predicted octanol–water partition coefficient (Wildman–Crippen LogP) is 3.43. The minimum atomic E-state index is -1.03. The monoisotopic (exact) mass is 344 g/mol. The lowest BCUT2D eigenvalue weighted by Crippen LogP contribution is -2.12. The summed E-state index contributed by atoms with van der Waals surface area (Å²) in [4.78, 5) is 10.9. The highest BCUT2D eigenvalue weighted by molar-refractivity contribution is 5.68. The second-order valence-corrected chi connectivity index (χ2v) is 5.66. The predicted molar refractivity (Wildman–Crippen MR) is 90.8 cm³/mol. The van der Waals surface area contributed by atoms with Crippen LogP contribution >= 0.6 is 0 Å². The number of hydrogen-bond acceptors (Lipinski definition) is 5. The Balaban J connectivity index is 2.00. The molecule has 0 aliphatic carbocycles. The van der Waals surface area contributed by atoms with E-state index in [0.29, 0.717) is 17.2 Å². The van der Waals surface area contributed by atoms with Crippen molar-refractivity contribution in [1.82, 2.24) is 0 Å². The van der Waals surface area contributed by atoms with Crippen molar-refractivity contribution in [2.75, 3.05) is 20.5 Å². The standard InChI is InChI=1S/C19H20O6/c1-3-14(12-4-6-13(22-2)7-5-12)15-8-17-18(25-11-24-17)9-16(15)23-10-19(20)21/h4-9,14H,3,10-11H2,1-2H3,(H,20,21)/t14-/m0/s1. The molecule has 6 nitrogen and oxygen atoms in total. The van der Waals surface area contributed by atoms with Crippen LogP contribution in [-0.4, -0.2) is 31.6 Å². The van der Waals surface area contributed by atoms with E-state index >= 15 is 0 Å². The number of ether oxygens (including phenoxy) is 4. The zero-order valence-electron chi connectivity index (χ0n) is 14.2. The number of carboxylic acid groups (broad SMARTS) is 1. The van der Waals surface area contributed by atoms with E-state index in [1.807, 2.05) is 30.3 Å². The quantitative estimate of drug-likeness (QED) is 0.829. The molecule has 0 unspecified atom stereocenters. The molecule has 2 aromatic carbocycles. The highest BCUT2D eigenvalue weighted by Gasteiger charge is 2.24. The minimum absolute atomic E-state index is 0.0317. The van der Waals surface area contributed by atoms with E-state index in [9.17, 15) is 4.79 Å². The van der Waals surface area contributed by atoms with Crippen LogP contribution in [0.15, 0.2) is 36.4 Å². The Hall–Kier alpha value is -2.89. The van der Waals surface area contributed by atoms with E-state index in [1.165, 1.54) is 0 Å². The Morgan fingerprint density at radius 3 is 2.48 bits per heavy atom. The molecule has 6 heteroatoms. The first-order valence-corrected chi connectivity index (χ1v) is 8.04. The first-order chi connectivity index (χ1) is 12.1. The maximum absolute atomic E-state index is 10.9. The fourth-order valence-corrected chi connectivity index (χ4v) is 2.95. The molecule has 132 valence electrons. The van der Waals surface area contributed by atoms with Crippen molar-refractivity contribution in [2.45, 2.75) is 19.3 Å². The van der Waals surface area contributed by atoms with Crippen LogP contribution in [0.2, 0.25) is 0 Å². The van der Waals surface area contributed by atoms with Crippen LogP contribution < -0.4 is 18.9 Å². The summed E-state index contributed by atoms with van der Waals surface area (Å²) in [5, 5.41) is 8.93. The lowest BCUT2D eigenvalue weighted by atomic mass is 9.88. The average Bonchev–Trinajstić information content (AvgIpc) is 3.08. The fraction of sp³-hybridized carbons (Fsp3) is 0.316. The van der Waals surface area contributed by atoms with Crippen LogP contribution in [0.3, 0.4) is 0 Å². The summed E-state index contributed by atoms with van der Waals surface area (Å²) in [5.74, 6) is 1.49. The second-order valence-electron chi connectivity index (χ2n) is 5.66. The average molecular weight is 344 g/mol. The van der Waals surface area contributed by atoms with Crippen LogP contribution in [0, 0.1) is 0 Å². The highest BCUT2D eigenvalue weighted by atomic mass is 16.7. The van der Waals surface area contributed by atoms with Gasteiger partial charge < -0.3 is 24.1 Å². The summed E-state index contributed by atoms with van der Waals surface area (Å²) >= 11 is 0. The number of methoxy groups -OCH3 is 1. The van der Waals surface area contributed by atoms with Crippen molar-refractivity contribution in [3.63, 3.8) is 0 Å². The number of carbonyl (C=O) groups is 1. The van der Waals surface area contributed by atoms with Gasteiger partial charge in [0.25, 0.3) is 0 Å². The minimum Gasteiger partial charge on any atom is -0.497 e. The maximum atomic E-state index is 10.9. The molecule has 1 atom stereocenters. The number of fused-ring (bicyclic) bond motifs is 1. The summed E-state index contributed by atoms with van der Waals surface area (Å²) in [6.07, 6.45) is 0.815. The van der Waals surface area contributed by atoms with Gasteiger partial charge in [0.15, 0.2) is 18.1 Å². The molecule has 1 aliphatic heterocycles. The van der Waals surface area contributed by atoms with Crippen LogP contribution in [0.1, 0.15) is 30.4 Å². The Bertz CT molecular complexity index is 753. The van der Waals surface area contributed by atoms with Crippen LogP contribution in [-0.2, 0) is 4.79 Å². The SMILES string of the molecule is CC[C@@H](c1ccc(OC)cc1)c1cc2c(cc1OCC(=O)O)OCO2. The summed E-state index contributed by atoms with van der Waals surface area (Å²) in [7, 11) is 1.63. The number of rotatable bonds is 7. The van der Waals surface area contributed by atoms with Gasteiger partial charge >= 0.3 is 5.97 Å². The van der Waals surface area contributed by atoms with Crippen molar-refractivity contribution in [1.29, 1.82) is 0 Å². The zero-order valence-corrected chi connectivity index (χ0v) is 14.2. The van der Waals surface area contributed by atoms with E-state index in [2.05, 4.69) is 6.92 Å². The van der Waals surface area contributed by atoms with Gasteiger partial charge in [-0.25, -0.2) is 4.79 Å². The van der Waals surface area contributed by atoms with Crippen molar-refractivity contribution in [3.05, 3.63) is 47.5 Å². The Morgan fingerprint density at radius 2 is 1.88 bits per heavy atom. The van der Waals surface area contributed by atoms with Crippen LogP contribution in [0.4, 0.5) is 0 Å². The molecule has 0 bridgehead atoms. The summed E-state index contributed by atoms with van der Waals surface area (Å²) in [5.41, 5.74) is 1.96. The first-order valence-electron chi connectivity index (χ1n) is 8.04. The number of hydrogen-bond donors (Lipinski definition) is 1. The van der Waals surface area contributed by atoms with Gasteiger partial charge in [0.05, 0.1) is 7.11 Å². The number of aliphatic carboxylic acids is 1. The van der Waals surface area contributed by atoms with Crippen molar-refractivity contribution in [3.8, 4) is 23.0 Å². The molecule has 0 spiro atoms. The van der Waals surface area contributed by atoms with Crippen molar-refractivity contribution >= 4 is 5.97 Å². The molecule has 0 radical (unpaired) electrons. The molecule has 0 saturated carbocycles. The largest absolute Gasteiger partial charge is 0.497 e. The third-order valence-electron chi connectivity index (χ3n) is 4.16. The normalized spacial score (nSPS) is 13.4. The molecule has 0 saturated heterocycles. The number of carboxylic acids is 1. The first kappa shape index (κ1) is 17.0. The third kappa shape index (κ3) is 3.63. The van der Waals surface area contributed by atoms with E-state index in [0.717, 1.165) is 23.3 Å². The molecule has 3 rings (SSSR count). The smallest absolute Gasteiger partial charge is 0.341 e. The lowest BCUT2D eigenvalue weighted by Gasteiger charge is -2.20. The van der Waals surface area contributed by atoms with Crippen molar-refractivity contribution < 1.29 is 28.8 Å². The lowest BCUT2D eigenvalue weighted by molar-refractivity contribution is -0.139. The third-order valence-corrected chi connectivity index (χ3v) is 4.16. The van der Waals surface area contributed by atoms with E-state index < -0.39 is 12.6 Å². The molecular weight excluding hydrogens is 324 g/mol. The van der Waals surface area contributed by atoms with E-state index in [1.54, 1.807) is 13.2 Å². The number of benzene rings is 2. The van der Waals surface area contributed by atoms with Crippen LogP contribution in [0.5, 0.6) is 23.0 Å². The Morgan fingerprint density at radius 1 is 1.20 bits per heavy atom. The zero-order chi connectivity index (χ0) is 17.8. The van der Waals surface area contributed by atoms with Gasteiger partial charge in [0, 0.05) is 17.5 Å². The van der Waals surface area contributed by atoms with Gasteiger partial charge in [-0.05, 0) is 30.2 Å². The fourth-order valence-electron chi connectivity index (χ4n) is 2.95. The summed E-state index contributed by atoms with van der Waals surface area (Å²) in [6, 6.07) is 11.4. The molecule has 25 heavy (non-hydrogen) atoms. The Kier molecular flexibility index (Phi) is 4.97. The molecule has 1 heterocycles. The van der Waals surface area contributed by atoms with Gasteiger partial charge in [-0.2, -0.15) is 0 Å². The van der Waals surface area contributed by atoms with Gasteiger partial charge in [-0.3, -0.25) is 0 Å². The molecule has 0 amide bonds. The summed E-state index contributed by atoms with van der Waals surface area (Å²) < 4.78 is 21.6. The molecule has 0 aromatic heterocycles. The van der Waals surface area contributed by atoms with Crippen LogP contribution in [0.25, 0.3) is 0 Å². The highest BCUT2D eigenvalue weighted by Crippen LogP contribution is 2.43. The topological polar surface area (TPSA) is 74.2 Å². The molecular formula is C19H20O6. The molecule has 1 aliphatic rings. The van der Waals surface area contributed by atoms with Gasteiger partial charge in [-0.1, -0.05) is 19.1 Å². The van der Waals surface area contributed by atoms with E-state index in [-0.39, 0.29) is 12.7 Å². The van der Waals surface area contributed by atoms with Gasteiger partial charge in [0.2, 0.25) is 6.79 Å². The van der Waals surface area contributed by atoms with Gasteiger partial charge in [-0.15, -0.1) is 0 Å². The maximum Gasteiger partial charge on any atom is 0.341 e. The second kappa shape index (κ2) is 7.34. The Labute approximate surface area is 145 Å².